The molecule has 1 aromatic carbocycles. The van der Waals surface area contributed by atoms with Crippen LogP contribution in [-0.4, -0.2) is 36.7 Å². The van der Waals surface area contributed by atoms with Gasteiger partial charge in [0, 0.05) is 11.2 Å². The summed E-state index contributed by atoms with van der Waals surface area (Å²) < 4.78 is 9.70. The highest BCUT2D eigenvalue weighted by atomic mass is 35.5. The van der Waals surface area contributed by atoms with E-state index in [4.69, 9.17) is 37.5 Å². The second-order valence-corrected chi connectivity index (χ2v) is 5.37. The zero-order valence-electron chi connectivity index (χ0n) is 15.2. The van der Waals surface area contributed by atoms with Crippen molar-refractivity contribution < 1.29 is 19.1 Å². The summed E-state index contributed by atoms with van der Waals surface area (Å²) in [5, 5.41) is 23.0. The van der Waals surface area contributed by atoms with Gasteiger partial charge in [-0.15, -0.1) is 0 Å². The van der Waals surface area contributed by atoms with Crippen molar-refractivity contribution in [3.05, 3.63) is 35.0 Å². The normalized spacial score (nSPS) is 10.3. The molecule has 0 atom stereocenters. The number of carbonyl (C=O) groups is 2. The number of hydrazone groups is 1. The van der Waals surface area contributed by atoms with Crippen molar-refractivity contribution in [2.75, 3.05) is 24.0 Å². The first-order chi connectivity index (χ1) is 13.3. The van der Waals surface area contributed by atoms with E-state index in [0.717, 1.165) is 6.20 Å². The molecule has 0 radical (unpaired) electrons. The van der Waals surface area contributed by atoms with E-state index in [0.29, 0.717) is 16.4 Å². The smallest absolute Gasteiger partial charge is 0.347 e. The lowest BCUT2D eigenvalue weighted by Crippen LogP contribution is -2.22. The number of hydrogen-bond donors (Lipinski definition) is 4. The SMILES string of the molecule is CCOC(=O)C(=CNc1ccc(Cl)cc1N/N=C(\C#N)C(=N)N)C(=O)OCC. The molecule has 1 aromatic rings. The van der Waals surface area contributed by atoms with Crippen molar-refractivity contribution in [2.24, 2.45) is 10.8 Å². The summed E-state index contributed by atoms with van der Waals surface area (Å²) in [5.41, 5.74) is 7.78. The Morgan fingerprint density at radius 3 is 2.39 bits per heavy atom. The first-order valence-corrected chi connectivity index (χ1v) is 8.40. The summed E-state index contributed by atoms with van der Waals surface area (Å²) in [5.74, 6) is -2.21. The first-order valence-electron chi connectivity index (χ1n) is 8.02. The maximum Gasteiger partial charge on any atom is 0.347 e. The van der Waals surface area contributed by atoms with Crippen molar-refractivity contribution in [3.8, 4) is 6.07 Å². The van der Waals surface area contributed by atoms with Gasteiger partial charge in [-0.3, -0.25) is 10.8 Å². The number of nitrogens with one attached hydrogen (secondary N) is 3. The molecule has 0 bridgehead atoms. The summed E-state index contributed by atoms with van der Waals surface area (Å²) in [6, 6.07) is 6.24. The number of halogens is 1. The molecular weight excluding hydrogens is 388 g/mol. The number of amidine groups is 1. The van der Waals surface area contributed by atoms with Crippen LogP contribution in [0, 0.1) is 16.7 Å². The lowest BCUT2D eigenvalue weighted by molar-refractivity contribution is -0.146. The van der Waals surface area contributed by atoms with E-state index in [-0.39, 0.29) is 24.5 Å². The number of rotatable bonds is 9. The molecular formula is C17H19ClN6O4. The van der Waals surface area contributed by atoms with E-state index in [1.807, 2.05) is 0 Å². The first kappa shape index (κ1) is 22.5. The van der Waals surface area contributed by atoms with Crippen LogP contribution >= 0.6 is 11.6 Å². The maximum atomic E-state index is 12.0. The Labute approximate surface area is 166 Å². The monoisotopic (exact) mass is 406 g/mol. The van der Waals surface area contributed by atoms with Gasteiger partial charge in [0.15, 0.2) is 11.4 Å². The molecule has 28 heavy (non-hydrogen) atoms. The number of esters is 2. The Bertz CT molecular complexity index is 840. The average molecular weight is 407 g/mol. The largest absolute Gasteiger partial charge is 0.462 e. The molecule has 0 aliphatic heterocycles. The molecule has 1 rings (SSSR count). The zero-order chi connectivity index (χ0) is 21.1. The van der Waals surface area contributed by atoms with Crippen LogP contribution in [0.5, 0.6) is 0 Å². The molecule has 0 amide bonds. The van der Waals surface area contributed by atoms with Crippen LogP contribution in [-0.2, 0) is 19.1 Å². The van der Waals surface area contributed by atoms with Gasteiger partial charge >= 0.3 is 11.9 Å². The number of nitrogens with zero attached hydrogens (tertiary/aromatic N) is 2. The maximum absolute atomic E-state index is 12.0. The Morgan fingerprint density at radius 1 is 1.29 bits per heavy atom. The molecule has 0 heterocycles. The van der Waals surface area contributed by atoms with E-state index in [9.17, 15) is 9.59 Å². The molecule has 0 saturated carbocycles. The molecule has 0 aliphatic rings. The fraction of sp³-hybridized carbons (Fsp3) is 0.235. The van der Waals surface area contributed by atoms with Gasteiger partial charge in [0.2, 0.25) is 5.71 Å². The van der Waals surface area contributed by atoms with Crippen LogP contribution in [0.25, 0.3) is 0 Å². The van der Waals surface area contributed by atoms with Gasteiger partial charge in [-0.05, 0) is 32.0 Å². The molecule has 0 saturated heterocycles. The van der Waals surface area contributed by atoms with Gasteiger partial charge in [0.25, 0.3) is 0 Å². The van der Waals surface area contributed by atoms with Crippen molar-refractivity contribution >= 4 is 46.5 Å². The summed E-state index contributed by atoms with van der Waals surface area (Å²) in [4.78, 5) is 24.0. The third kappa shape index (κ3) is 6.62. The molecule has 0 spiro atoms. The lowest BCUT2D eigenvalue weighted by Gasteiger charge is -2.11. The zero-order valence-corrected chi connectivity index (χ0v) is 16.0. The van der Waals surface area contributed by atoms with Crippen molar-refractivity contribution in [1.82, 2.24) is 0 Å². The average Bonchev–Trinajstić information content (AvgIpc) is 2.64. The summed E-state index contributed by atoms with van der Waals surface area (Å²) in [6.07, 6.45) is 1.13. The van der Waals surface area contributed by atoms with Crippen LogP contribution in [0.4, 0.5) is 11.4 Å². The topological polar surface area (TPSA) is 163 Å². The fourth-order valence-electron chi connectivity index (χ4n) is 1.77. The third-order valence-corrected chi connectivity index (χ3v) is 3.23. The van der Waals surface area contributed by atoms with Gasteiger partial charge in [-0.2, -0.15) is 10.4 Å². The predicted octanol–water partition coefficient (Wildman–Crippen LogP) is 1.99. The second kappa shape index (κ2) is 11.2. The Morgan fingerprint density at radius 2 is 1.89 bits per heavy atom. The van der Waals surface area contributed by atoms with Crippen molar-refractivity contribution in [2.45, 2.75) is 13.8 Å². The predicted molar refractivity (Wildman–Crippen MR) is 105 cm³/mol. The highest BCUT2D eigenvalue weighted by Gasteiger charge is 2.21. The molecule has 5 N–H and O–H groups in total. The van der Waals surface area contributed by atoms with Crippen LogP contribution in [0.2, 0.25) is 5.02 Å². The van der Waals surface area contributed by atoms with Gasteiger partial charge in [-0.25, -0.2) is 9.59 Å². The molecule has 148 valence electrons. The number of benzene rings is 1. The number of carbonyl (C=O) groups excluding carboxylic acids is 2. The summed E-state index contributed by atoms with van der Waals surface area (Å²) in [6.45, 7) is 3.38. The summed E-state index contributed by atoms with van der Waals surface area (Å²) in [7, 11) is 0. The molecule has 0 unspecified atom stereocenters. The Hall–Kier alpha value is -3.58. The van der Waals surface area contributed by atoms with Gasteiger partial charge < -0.3 is 20.5 Å². The van der Waals surface area contributed by atoms with Crippen LogP contribution in [0.15, 0.2) is 35.1 Å². The number of anilines is 2. The standard InChI is InChI=1S/C17H19ClN6O4/c1-3-27-16(25)11(17(26)28-4-2)9-22-12-6-5-10(18)7-13(12)23-24-14(8-19)15(20)21/h5-7,9,22-23H,3-4H2,1-2H3,(H3,20,21)/b24-14+. The van der Waals surface area contributed by atoms with Gasteiger partial charge in [-0.1, -0.05) is 11.6 Å². The minimum atomic E-state index is -0.849. The number of hydrogen-bond acceptors (Lipinski definition) is 9. The van der Waals surface area contributed by atoms with Crippen molar-refractivity contribution in [1.29, 1.82) is 10.7 Å². The minimum absolute atomic E-state index is 0.0834. The molecule has 0 aromatic heterocycles. The fourth-order valence-corrected chi connectivity index (χ4v) is 1.94. The molecule has 10 nitrogen and oxygen atoms in total. The van der Waals surface area contributed by atoms with Gasteiger partial charge in [0.05, 0.1) is 24.6 Å². The summed E-state index contributed by atoms with van der Waals surface area (Å²) >= 11 is 5.96. The van der Waals surface area contributed by atoms with Crippen LogP contribution in [0.1, 0.15) is 13.8 Å². The number of nitriles is 1. The lowest BCUT2D eigenvalue weighted by atomic mass is 10.2. The van der Waals surface area contributed by atoms with E-state index < -0.39 is 17.8 Å². The van der Waals surface area contributed by atoms with Crippen LogP contribution in [0.3, 0.4) is 0 Å². The highest BCUT2D eigenvalue weighted by Crippen LogP contribution is 2.26. The van der Waals surface area contributed by atoms with E-state index in [2.05, 4.69) is 15.8 Å². The number of ether oxygens (including phenoxy) is 2. The van der Waals surface area contributed by atoms with Crippen LogP contribution < -0.4 is 16.5 Å². The second-order valence-electron chi connectivity index (χ2n) is 4.93. The molecule has 0 fully saturated rings. The van der Waals surface area contributed by atoms with E-state index in [1.165, 1.54) is 6.07 Å². The van der Waals surface area contributed by atoms with Crippen molar-refractivity contribution in [3.63, 3.8) is 0 Å². The van der Waals surface area contributed by atoms with E-state index >= 15 is 0 Å². The quantitative estimate of drug-likeness (QED) is 0.0919. The minimum Gasteiger partial charge on any atom is -0.462 e. The van der Waals surface area contributed by atoms with E-state index in [1.54, 1.807) is 32.0 Å². The van der Waals surface area contributed by atoms with Gasteiger partial charge in [0.1, 0.15) is 6.07 Å². The third-order valence-electron chi connectivity index (χ3n) is 2.99. The number of nitrogens with two attached hydrogens (primary N) is 1. The Balaban J connectivity index is 3.19. The molecule has 11 heteroatoms. The highest BCUT2D eigenvalue weighted by molar-refractivity contribution is 6.45. The Kier molecular flexibility index (Phi) is 8.98. The molecule has 0 aliphatic carbocycles.